The van der Waals surface area contributed by atoms with Gasteiger partial charge in [-0.3, -0.25) is 0 Å². The number of hydrogen-bond acceptors (Lipinski definition) is 4. The van der Waals surface area contributed by atoms with Crippen LogP contribution in [0.25, 0.3) is 0 Å². The summed E-state index contributed by atoms with van der Waals surface area (Å²) in [5.41, 5.74) is -1.00. The molecule has 4 heteroatoms. The molecule has 0 aliphatic heterocycles. The van der Waals surface area contributed by atoms with E-state index in [1.807, 2.05) is 30.4 Å². The van der Waals surface area contributed by atoms with Gasteiger partial charge in [-0.15, -0.1) is 0 Å². The van der Waals surface area contributed by atoms with Crippen LogP contribution in [-0.4, -0.2) is 42.2 Å². The average molecular weight is 331 g/mol. The fourth-order valence-electron chi connectivity index (χ4n) is 3.25. The van der Waals surface area contributed by atoms with Gasteiger partial charge in [0.1, 0.15) is 6.61 Å². The normalized spacial score (nSPS) is 19.9. The highest BCUT2D eigenvalue weighted by Crippen LogP contribution is 2.37. The first-order valence-electron chi connectivity index (χ1n) is 8.97. The number of allylic oxidation sites excluding steroid dienone is 1. The van der Waals surface area contributed by atoms with Gasteiger partial charge in [0.2, 0.25) is 0 Å². The van der Waals surface area contributed by atoms with Crippen LogP contribution in [0.15, 0.2) is 42.5 Å². The van der Waals surface area contributed by atoms with Gasteiger partial charge in [0.25, 0.3) is 0 Å². The first-order chi connectivity index (χ1) is 11.6. The van der Waals surface area contributed by atoms with E-state index in [0.29, 0.717) is 18.7 Å². The van der Waals surface area contributed by atoms with Gasteiger partial charge in [0, 0.05) is 12.5 Å². The van der Waals surface area contributed by atoms with Gasteiger partial charge in [0.15, 0.2) is 5.60 Å². The van der Waals surface area contributed by atoms with Gasteiger partial charge >= 0.3 is 5.97 Å². The molecule has 0 aromatic heterocycles. The van der Waals surface area contributed by atoms with Crippen molar-refractivity contribution in [3.8, 4) is 0 Å². The van der Waals surface area contributed by atoms with Crippen molar-refractivity contribution in [1.29, 1.82) is 0 Å². The molecule has 0 heterocycles. The number of benzene rings is 1. The zero-order valence-electron chi connectivity index (χ0n) is 14.8. The average Bonchev–Trinajstić information content (AvgIpc) is 2.65. The Morgan fingerprint density at radius 3 is 2.58 bits per heavy atom. The van der Waals surface area contributed by atoms with E-state index in [1.165, 1.54) is 0 Å². The molecule has 0 saturated carbocycles. The summed E-state index contributed by atoms with van der Waals surface area (Å²) >= 11 is 0. The highest BCUT2D eigenvalue weighted by Gasteiger charge is 2.46. The summed E-state index contributed by atoms with van der Waals surface area (Å²) in [5, 5.41) is 11.3. The van der Waals surface area contributed by atoms with Crippen molar-refractivity contribution in [2.24, 2.45) is 5.92 Å². The lowest BCUT2D eigenvalue weighted by atomic mass is 9.76. The minimum absolute atomic E-state index is 0.241. The van der Waals surface area contributed by atoms with Crippen LogP contribution in [0, 0.1) is 5.92 Å². The van der Waals surface area contributed by atoms with Crippen LogP contribution >= 0.6 is 0 Å². The van der Waals surface area contributed by atoms with Gasteiger partial charge in [0.05, 0.1) is 0 Å². The number of carbonyl (C=O) groups is 1. The lowest BCUT2D eigenvalue weighted by molar-refractivity contribution is -0.172. The fourth-order valence-corrected chi connectivity index (χ4v) is 3.25. The molecule has 0 amide bonds. The molecule has 1 aliphatic carbocycles. The maximum Gasteiger partial charge on any atom is 0.343 e. The molecule has 0 unspecified atom stereocenters. The van der Waals surface area contributed by atoms with Crippen LogP contribution in [0.4, 0.5) is 0 Å². The van der Waals surface area contributed by atoms with Gasteiger partial charge in [-0.2, -0.15) is 0 Å². The number of hydrogen-bond donors (Lipinski definition) is 1. The van der Waals surface area contributed by atoms with Crippen molar-refractivity contribution >= 4 is 5.97 Å². The van der Waals surface area contributed by atoms with E-state index in [9.17, 15) is 9.90 Å². The molecule has 0 bridgehead atoms. The van der Waals surface area contributed by atoms with Crippen molar-refractivity contribution in [2.45, 2.75) is 38.7 Å². The third-order valence-electron chi connectivity index (χ3n) is 4.85. The number of rotatable bonds is 8. The van der Waals surface area contributed by atoms with E-state index < -0.39 is 11.6 Å². The largest absolute Gasteiger partial charge is 0.462 e. The highest BCUT2D eigenvalue weighted by molar-refractivity contribution is 5.82. The smallest absolute Gasteiger partial charge is 0.343 e. The standard InChI is InChI=1S/C20H29NO3/c1-3-21(4-2)15-16-24-19(22)20(23,17-11-7-5-8-12-17)18-13-9-6-10-14-18/h5,7-9,11-13,18,23H,3-4,6,10,14-16H2,1-2H3/t18-,20-/m0/s1. The Morgan fingerprint density at radius 1 is 1.29 bits per heavy atom. The second kappa shape index (κ2) is 9.00. The lowest BCUT2D eigenvalue weighted by Gasteiger charge is -2.34. The molecule has 1 aromatic rings. The molecule has 132 valence electrons. The predicted molar refractivity (Wildman–Crippen MR) is 95.6 cm³/mol. The number of nitrogens with zero attached hydrogens (tertiary/aromatic N) is 1. The van der Waals surface area contributed by atoms with Crippen molar-refractivity contribution in [1.82, 2.24) is 4.90 Å². The first kappa shape index (κ1) is 18.7. The number of likely N-dealkylation sites (N-methyl/N-ethyl adjacent to an activating group) is 1. The lowest BCUT2D eigenvalue weighted by Crippen LogP contribution is -2.45. The van der Waals surface area contributed by atoms with Gasteiger partial charge in [-0.1, -0.05) is 56.3 Å². The zero-order chi connectivity index (χ0) is 17.4. The van der Waals surface area contributed by atoms with Crippen LogP contribution in [0.3, 0.4) is 0 Å². The van der Waals surface area contributed by atoms with Crippen LogP contribution in [0.2, 0.25) is 0 Å². The minimum atomic E-state index is -1.61. The Balaban J connectivity index is 2.15. The molecule has 2 rings (SSSR count). The number of ether oxygens (including phenoxy) is 1. The molecule has 24 heavy (non-hydrogen) atoms. The summed E-state index contributed by atoms with van der Waals surface area (Å²) in [7, 11) is 0. The Morgan fingerprint density at radius 2 is 2.00 bits per heavy atom. The number of aliphatic hydroxyl groups is 1. The molecule has 0 saturated heterocycles. The molecule has 0 spiro atoms. The zero-order valence-corrected chi connectivity index (χ0v) is 14.8. The quantitative estimate of drug-likeness (QED) is 0.587. The maximum atomic E-state index is 12.8. The van der Waals surface area contributed by atoms with E-state index in [0.717, 1.165) is 32.4 Å². The molecule has 1 aliphatic rings. The third kappa shape index (κ3) is 4.25. The van der Waals surface area contributed by atoms with Crippen LogP contribution in [0.1, 0.15) is 38.7 Å². The van der Waals surface area contributed by atoms with E-state index >= 15 is 0 Å². The van der Waals surface area contributed by atoms with E-state index in [1.54, 1.807) is 12.1 Å². The summed E-state index contributed by atoms with van der Waals surface area (Å²) in [6.07, 6.45) is 6.77. The molecule has 2 atom stereocenters. The van der Waals surface area contributed by atoms with Crippen molar-refractivity contribution in [3.05, 3.63) is 48.0 Å². The molecule has 1 aromatic carbocycles. The van der Waals surface area contributed by atoms with Crippen LogP contribution in [0.5, 0.6) is 0 Å². The Bertz CT molecular complexity index is 539. The van der Waals surface area contributed by atoms with Crippen LogP contribution < -0.4 is 0 Å². The second-order valence-corrected chi connectivity index (χ2v) is 6.26. The molecule has 4 nitrogen and oxygen atoms in total. The Hall–Kier alpha value is -1.65. The van der Waals surface area contributed by atoms with Gasteiger partial charge < -0.3 is 14.7 Å². The van der Waals surface area contributed by atoms with E-state index in [-0.39, 0.29) is 5.92 Å². The molecular weight excluding hydrogens is 302 g/mol. The SMILES string of the molecule is CCN(CC)CCOC(=O)[C@](O)(c1ccccc1)[C@H]1C=CCCC1. The predicted octanol–water partition coefficient (Wildman–Crippen LogP) is 3.12. The summed E-state index contributed by atoms with van der Waals surface area (Å²) in [6, 6.07) is 9.17. The highest BCUT2D eigenvalue weighted by atomic mass is 16.5. The summed E-state index contributed by atoms with van der Waals surface area (Å²) in [4.78, 5) is 15.0. The van der Waals surface area contributed by atoms with Gasteiger partial charge in [-0.25, -0.2) is 4.79 Å². The maximum absolute atomic E-state index is 12.8. The summed E-state index contributed by atoms with van der Waals surface area (Å²) in [5.74, 6) is -0.785. The van der Waals surface area contributed by atoms with Crippen LogP contribution in [-0.2, 0) is 15.1 Å². The van der Waals surface area contributed by atoms with Crippen molar-refractivity contribution < 1.29 is 14.6 Å². The van der Waals surface area contributed by atoms with Crippen molar-refractivity contribution in [3.63, 3.8) is 0 Å². The molecule has 0 radical (unpaired) electrons. The van der Waals surface area contributed by atoms with Crippen molar-refractivity contribution in [2.75, 3.05) is 26.2 Å². The number of carbonyl (C=O) groups excluding carboxylic acids is 1. The minimum Gasteiger partial charge on any atom is -0.462 e. The summed E-state index contributed by atoms with van der Waals surface area (Å²) in [6.45, 7) is 6.98. The molecular formula is C20H29NO3. The molecule has 0 fully saturated rings. The topological polar surface area (TPSA) is 49.8 Å². The summed E-state index contributed by atoms with van der Waals surface area (Å²) < 4.78 is 5.48. The van der Waals surface area contributed by atoms with Gasteiger partial charge in [-0.05, 0) is 37.9 Å². The Labute approximate surface area is 145 Å². The van der Waals surface area contributed by atoms with E-state index in [4.69, 9.17) is 4.74 Å². The first-order valence-corrected chi connectivity index (χ1v) is 8.97. The third-order valence-corrected chi connectivity index (χ3v) is 4.85. The van der Waals surface area contributed by atoms with E-state index in [2.05, 4.69) is 18.7 Å². The Kier molecular flexibility index (Phi) is 7.00. The molecule has 1 N–H and O–H groups in total. The number of esters is 1. The second-order valence-electron chi connectivity index (χ2n) is 6.26. The monoisotopic (exact) mass is 331 g/mol. The fraction of sp³-hybridized carbons (Fsp3) is 0.550.